The van der Waals surface area contributed by atoms with Gasteiger partial charge in [-0.3, -0.25) is 9.69 Å². The van der Waals surface area contributed by atoms with Crippen molar-refractivity contribution in [3.63, 3.8) is 0 Å². The highest BCUT2D eigenvalue weighted by Gasteiger charge is 2.37. The summed E-state index contributed by atoms with van der Waals surface area (Å²) in [6, 6.07) is 13.5. The van der Waals surface area contributed by atoms with Gasteiger partial charge in [0.15, 0.2) is 5.17 Å². The molecule has 0 saturated carbocycles. The second kappa shape index (κ2) is 7.79. The van der Waals surface area contributed by atoms with E-state index in [0.717, 1.165) is 5.56 Å². The molecule has 2 heterocycles. The standard InChI is InChI=1S/C18H17N3O2S/c1-2-10-21-17(22)16(12-14-7-4-3-5-8-14)24-18(21)20-19-13-15-9-6-11-23-15/h2-9,11,13,16H,1,10,12H2/b19-13+,20-18-. The molecule has 0 aliphatic carbocycles. The van der Waals surface area contributed by atoms with E-state index in [1.54, 1.807) is 29.4 Å². The van der Waals surface area contributed by atoms with Crippen LogP contribution in [0.1, 0.15) is 11.3 Å². The minimum absolute atomic E-state index is 0.0377. The van der Waals surface area contributed by atoms with Gasteiger partial charge in [0, 0.05) is 6.54 Å². The number of benzene rings is 1. The van der Waals surface area contributed by atoms with E-state index >= 15 is 0 Å². The SMILES string of the molecule is C=CCN1C(=O)C(Cc2ccccc2)S/C1=N\N=C\c1ccco1. The van der Waals surface area contributed by atoms with Crippen molar-refractivity contribution < 1.29 is 9.21 Å². The van der Waals surface area contributed by atoms with Crippen LogP contribution >= 0.6 is 11.8 Å². The molecule has 1 aliphatic rings. The topological polar surface area (TPSA) is 58.2 Å². The number of hydrogen-bond acceptors (Lipinski definition) is 5. The third-order valence-electron chi connectivity index (χ3n) is 3.47. The number of amides is 1. The maximum Gasteiger partial charge on any atom is 0.242 e. The summed E-state index contributed by atoms with van der Waals surface area (Å²) in [5.74, 6) is 0.653. The number of amidine groups is 1. The number of thioether (sulfide) groups is 1. The van der Waals surface area contributed by atoms with E-state index in [0.29, 0.717) is 23.9 Å². The smallest absolute Gasteiger partial charge is 0.242 e. The fourth-order valence-electron chi connectivity index (χ4n) is 2.34. The lowest BCUT2D eigenvalue weighted by Crippen LogP contribution is -2.32. The zero-order chi connectivity index (χ0) is 16.8. The summed E-state index contributed by atoms with van der Waals surface area (Å²) in [5, 5.41) is 8.61. The highest BCUT2D eigenvalue weighted by molar-refractivity contribution is 8.15. The molecule has 0 radical (unpaired) electrons. The van der Waals surface area contributed by atoms with Crippen LogP contribution in [0.3, 0.4) is 0 Å². The van der Waals surface area contributed by atoms with Crippen LogP contribution in [0.25, 0.3) is 0 Å². The van der Waals surface area contributed by atoms with Crippen molar-refractivity contribution in [2.75, 3.05) is 6.54 Å². The Labute approximate surface area is 144 Å². The number of furan rings is 1. The van der Waals surface area contributed by atoms with Crippen LogP contribution in [0, 0.1) is 0 Å². The second-order valence-electron chi connectivity index (χ2n) is 5.18. The molecule has 5 nitrogen and oxygen atoms in total. The first-order valence-corrected chi connectivity index (χ1v) is 8.43. The van der Waals surface area contributed by atoms with E-state index in [1.165, 1.54) is 18.0 Å². The maximum absolute atomic E-state index is 12.6. The summed E-state index contributed by atoms with van der Waals surface area (Å²) < 4.78 is 5.17. The molecule has 0 N–H and O–H groups in total. The summed E-state index contributed by atoms with van der Waals surface area (Å²) in [7, 11) is 0. The Morgan fingerprint density at radius 1 is 1.25 bits per heavy atom. The van der Waals surface area contributed by atoms with Crippen LogP contribution in [0.4, 0.5) is 0 Å². The van der Waals surface area contributed by atoms with E-state index in [1.807, 2.05) is 30.3 Å². The average molecular weight is 339 g/mol. The molecule has 0 bridgehead atoms. The van der Waals surface area contributed by atoms with Crippen molar-refractivity contribution >= 4 is 29.1 Å². The Bertz CT molecular complexity index is 754. The molecule has 1 fully saturated rings. The van der Waals surface area contributed by atoms with Gasteiger partial charge in [-0.15, -0.1) is 11.7 Å². The zero-order valence-electron chi connectivity index (χ0n) is 13.0. The van der Waals surface area contributed by atoms with Crippen molar-refractivity contribution in [2.24, 2.45) is 10.2 Å². The van der Waals surface area contributed by atoms with Crippen LogP contribution in [-0.4, -0.2) is 34.0 Å². The Morgan fingerprint density at radius 3 is 2.79 bits per heavy atom. The first-order valence-electron chi connectivity index (χ1n) is 7.55. The summed E-state index contributed by atoms with van der Waals surface area (Å²) in [6.07, 6.45) is 5.45. The normalized spacial score (nSPS) is 19.5. The van der Waals surface area contributed by atoms with Gasteiger partial charge >= 0.3 is 0 Å². The lowest BCUT2D eigenvalue weighted by atomic mass is 10.1. The lowest BCUT2D eigenvalue weighted by molar-refractivity contribution is -0.125. The summed E-state index contributed by atoms with van der Waals surface area (Å²) >= 11 is 1.43. The summed E-state index contributed by atoms with van der Waals surface area (Å²) in [4.78, 5) is 14.2. The molecule has 1 unspecified atom stereocenters. The van der Waals surface area contributed by atoms with Gasteiger partial charge in [-0.2, -0.15) is 5.10 Å². The zero-order valence-corrected chi connectivity index (χ0v) is 13.9. The molecule has 122 valence electrons. The van der Waals surface area contributed by atoms with Gasteiger partial charge in [0.25, 0.3) is 0 Å². The molecule has 1 atom stereocenters. The van der Waals surface area contributed by atoms with Crippen LogP contribution < -0.4 is 0 Å². The molecule has 1 aromatic carbocycles. The predicted octanol–water partition coefficient (Wildman–Crippen LogP) is 3.34. The van der Waals surface area contributed by atoms with Crippen LogP contribution in [0.15, 0.2) is 76.0 Å². The Kier molecular flexibility index (Phi) is 5.28. The van der Waals surface area contributed by atoms with Crippen LogP contribution in [0.2, 0.25) is 0 Å². The maximum atomic E-state index is 12.6. The van der Waals surface area contributed by atoms with Crippen molar-refractivity contribution in [2.45, 2.75) is 11.7 Å². The van der Waals surface area contributed by atoms with E-state index in [-0.39, 0.29) is 11.2 Å². The minimum Gasteiger partial charge on any atom is -0.463 e. The molecule has 6 heteroatoms. The minimum atomic E-state index is -0.190. The number of carbonyl (C=O) groups excluding carboxylic acids is 1. The molecule has 0 spiro atoms. The Hall–Kier alpha value is -2.60. The van der Waals surface area contributed by atoms with Crippen molar-refractivity contribution in [1.82, 2.24) is 4.90 Å². The van der Waals surface area contributed by atoms with E-state index in [4.69, 9.17) is 4.42 Å². The summed E-state index contributed by atoms with van der Waals surface area (Å²) in [5.41, 5.74) is 1.13. The van der Waals surface area contributed by atoms with Gasteiger partial charge in [-0.1, -0.05) is 48.2 Å². The number of carbonyl (C=O) groups is 1. The first-order chi connectivity index (χ1) is 11.8. The van der Waals surface area contributed by atoms with E-state index in [9.17, 15) is 4.79 Å². The predicted molar refractivity (Wildman–Crippen MR) is 97.2 cm³/mol. The van der Waals surface area contributed by atoms with Crippen molar-refractivity contribution in [1.29, 1.82) is 0 Å². The van der Waals surface area contributed by atoms with E-state index < -0.39 is 0 Å². The van der Waals surface area contributed by atoms with Gasteiger partial charge in [0.05, 0.1) is 17.7 Å². The molecule has 1 aromatic heterocycles. The van der Waals surface area contributed by atoms with Crippen molar-refractivity contribution in [3.05, 3.63) is 72.7 Å². The molecule has 1 amide bonds. The molecular weight excluding hydrogens is 322 g/mol. The molecule has 2 aromatic rings. The van der Waals surface area contributed by atoms with Gasteiger partial charge < -0.3 is 4.42 Å². The molecule has 24 heavy (non-hydrogen) atoms. The molecule has 3 rings (SSSR count). The quantitative estimate of drug-likeness (QED) is 0.461. The highest BCUT2D eigenvalue weighted by Crippen LogP contribution is 2.29. The van der Waals surface area contributed by atoms with Gasteiger partial charge in [-0.25, -0.2) is 0 Å². The third-order valence-corrected chi connectivity index (χ3v) is 4.63. The average Bonchev–Trinajstić information content (AvgIpc) is 3.20. The van der Waals surface area contributed by atoms with Crippen molar-refractivity contribution in [3.8, 4) is 0 Å². The second-order valence-corrected chi connectivity index (χ2v) is 6.35. The number of nitrogens with zero attached hydrogens (tertiary/aromatic N) is 3. The lowest BCUT2D eigenvalue weighted by Gasteiger charge is -2.12. The van der Waals surface area contributed by atoms with Gasteiger partial charge in [0.2, 0.25) is 5.91 Å². The van der Waals surface area contributed by atoms with Crippen LogP contribution in [-0.2, 0) is 11.2 Å². The van der Waals surface area contributed by atoms with E-state index in [2.05, 4.69) is 16.8 Å². The Morgan fingerprint density at radius 2 is 2.08 bits per heavy atom. The largest absolute Gasteiger partial charge is 0.463 e. The van der Waals surface area contributed by atoms with Crippen LogP contribution in [0.5, 0.6) is 0 Å². The molecule has 1 saturated heterocycles. The summed E-state index contributed by atoms with van der Waals surface area (Å²) in [6.45, 7) is 4.13. The molecule has 1 aliphatic heterocycles. The number of hydrogen-bond donors (Lipinski definition) is 0. The van der Waals surface area contributed by atoms with Gasteiger partial charge in [-0.05, 0) is 24.1 Å². The fraction of sp³-hybridized carbons (Fsp3) is 0.167. The third kappa shape index (κ3) is 3.83. The fourth-order valence-corrected chi connectivity index (χ4v) is 3.49. The highest BCUT2D eigenvalue weighted by atomic mass is 32.2. The number of rotatable bonds is 6. The van der Waals surface area contributed by atoms with Gasteiger partial charge in [0.1, 0.15) is 5.76 Å². The Balaban J connectivity index is 1.75. The first kappa shape index (κ1) is 16.3. The molecular formula is C18H17N3O2S. The monoisotopic (exact) mass is 339 g/mol.